The first-order valence-electron chi connectivity index (χ1n) is 10.6. The third-order valence-corrected chi connectivity index (χ3v) is 10.0. The van der Waals surface area contributed by atoms with Gasteiger partial charge in [0.05, 0.1) is 11.0 Å². The lowest BCUT2D eigenvalue weighted by Crippen LogP contribution is -2.69. The number of allylic oxidation sites excluding steroid dienone is 4. The molecule has 29 heavy (non-hydrogen) atoms. The second kappa shape index (κ2) is 6.25. The number of hydrogen-bond acceptors (Lipinski definition) is 5. The highest BCUT2D eigenvalue weighted by molar-refractivity contribution is 6.26. The molecule has 0 saturated heterocycles. The van der Waals surface area contributed by atoms with Crippen molar-refractivity contribution in [2.24, 2.45) is 34.5 Å². The predicted octanol–water partition coefficient (Wildman–Crippen LogP) is 2.41. The molecule has 0 aromatic carbocycles. The molecule has 0 radical (unpaired) electrons. The van der Waals surface area contributed by atoms with Crippen molar-refractivity contribution >= 4 is 23.2 Å². The summed E-state index contributed by atoms with van der Waals surface area (Å²) in [5.41, 5.74) is -2.30. The van der Waals surface area contributed by atoms with E-state index in [0.29, 0.717) is 12.8 Å². The number of Topliss-reactive ketones (excluding diaryl/α,β-unsaturated/α-hetero) is 1. The first kappa shape index (κ1) is 21.2. The standard InChI is InChI=1S/C23H31ClO5/c1-12-7-17-16-8-13(2)23(29,19(28)11-25)21(16,4)10-18(27)22(17,24)20(3)6-5-14(26)9-15(12)20/h5-6,9,12-13,16-18,25,27,29H,7-8,10-11H2,1-4H3/t12-,13-,16-,17-,18-,20-,21-,22-,23-/m0/s1. The molecule has 0 spiro atoms. The predicted molar refractivity (Wildman–Crippen MR) is 109 cm³/mol. The molecule has 4 rings (SSSR count). The first-order valence-corrected chi connectivity index (χ1v) is 10.9. The number of carbonyl (C=O) groups excluding carboxylic acids is 2. The van der Waals surface area contributed by atoms with Gasteiger partial charge in [0.15, 0.2) is 11.6 Å². The van der Waals surface area contributed by atoms with Crippen molar-refractivity contribution in [2.45, 2.75) is 63.5 Å². The quantitative estimate of drug-likeness (QED) is 0.594. The number of fused-ring (bicyclic) bond motifs is 5. The van der Waals surface area contributed by atoms with Crippen LogP contribution in [0.25, 0.3) is 0 Å². The SMILES string of the molecule is C[C@H]1C[C@H]2[C@@H]3C[C@H](C)[C@](O)(C(=O)CO)[C@@]3(C)C[C@H](O)[C@]2(Cl)[C@@]2(C)C=CC(=O)C=C12. The van der Waals surface area contributed by atoms with Gasteiger partial charge in [-0.05, 0) is 55.1 Å². The summed E-state index contributed by atoms with van der Waals surface area (Å²) in [6.45, 7) is 7.06. The van der Waals surface area contributed by atoms with Crippen molar-refractivity contribution in [2.75, 3.05) is 6.61 Å². The lowest BCUT2D eigenvalue weighted by molar-refractivity contribution is -0.180. The average Bonchev–Trinajstić information content (AvgIpc) is 2.86. The first-order chi connectivity index (χ1) is 13.4. The lowest BCUT2D eigenvalue weighted by atomic mass is 9.44. The van der Waals surface area contributed by atoms with E-state index in [0.717, 1.165) is 5.57 Å². The van der Waals surface area contributed by atoms with E-state index in [2.05, 4.69) is 6.92 Å². The number of halogens is 1. The molecule has 0 heterocycles. The Balaban J connectivity index is 1.87. The third kappa shape index (κ3) is 2.28. The molecule has 4 aliphatic carbocycles. The minimum Gasteiger partial charge on any atom is -0.391 e. The number of rotatable bonds is 2. The van der Waals surface area contributed by atoms with Crippen LogP contribution in [0.1, 0.15) is 47.0 Å². The maximum absolute atomic E-state index is 12.7. The molecule has 6 heteroatoms. The Bertz CT molecular complexity index is 835. The second-order valence-electron chi connectivity index (χ2n) is 10.3. The molecular weight excluding hydrogens is 392 g/mol. The number of aliphatic hydroxyl groups is 3. The van der Waals surface area contributed by atoms with Crippen LogP contribution >= 0.6 is 11.6 Å². The van der Waals surface area contributed by atoms with Gasteiger partial charge in [-0.15, -0.1) is 11.6 Å². The van der Waals surface area contributed by atoms with Crippen LogP contribution in [-0.2, 0) is 9.59 Å². The summed E-state index contributed by atoms with van der Waals surface area (Å²) in [7, 11) is 0. The fraction of sp³-hybridized carbons (Fsp3) is 0.739. The molecule has 3 N–H and O–H groups in total. The smallest absolute Gasteiger partial charge is 0.190 e. The highest BCUT2D eigenvalue weighted by atomic mass is 35.5. The Hall–Kier alpha value is -1.01. The summed E-state index contributed by atoms with van der Waals surface area (Å²) in [5, 5.41) is 32.5. The molecule has 4 aliphatic rings. The summed E-state index contributed by atoms with van der Waals surface area (Å²) in [5.74, 6) is -1.11. The minimum atomic E-state index is -1.69. The second-order valence-corrected chi connectivity index (χ2v) is 10.9. The normalized spacial score (nSPS) is 53.7. The summed E-state index contributed by atoms with van der Waals surface area (Å²) in [4.78, 5) is 23.7. The van der Waals surface area contributed by atoms with E-state index >= 15 is 0 Å². The van der Waals surface area contributed by atoms with Crippen LogP contribution in [0.2, 0.25) is 0 Å². The van der Waals surface area contributed by atoms with Gasteiger partial charge in [-0.1, -0.05) is 39.3 Å². The number of carbonyl (C=O) groups is 2. The van der Waals surface area contributed by atoms with Crippen molar-refractivity contribution in [3.8, 4) is 0 Å². The van der Waals surface area contributed by atoms with E-state index in [9.17, 15) is 24.9 Å². The molecule has 0 aliphatic heterocycles. The van der Waals surface area contributed by atoms with Gasteiger partial charge in [0.1, 0.15) is 12.2 Å². The van der Waals surface area contributed by atoms with Gasteiger partial charge in [0, 0.05) is 10.8 Å². The van der Waals surface area contributed by atoms with Crippen molar-refractivity contribution < 1.29 is 24.9 Å². The van der Waals surface area contributed by atoms with E-state index in [1.54, 1.807) is 6.08 Å². The van der Waals surface area contributed by atoms with Crippen LogP contribution < -0.4 is 0 Å². The summed E-state index contributed by atoms with van der Waals surface area (Å²) < 4.78 is 0. The molecule has 0 aromatic heterocycles. The number of ketones is 2. The van der Waals surface area contributed by atoms with E-state index in [-0.39, 0.29) is 35.9 Å². The Morgan fingerprint density at radius 3 is 2.52 bits per heavy atom. The third-order valence-electron chi connectivity index (χ3n) is 9.12. The van der Waals surface area contributed by atoms with Crippen LogP contribution in [0.4, 0.5) is 0 Å². The van der Waals surface area contributed by atoms with Crippen LogP contribution in [0.3, 0.4) is 0 Å². The fourth-order valence-corrected chi connectivity index (χ4v) is 8.14. The monoisotopic (exact) mass is 422 g/mol. The fourth-order valence-electron chi connectivity index (χ4n) is 7.65. The van der Waals surface area contributed by atoms with Gasteiger partial charge in [0.25, 0.3) is 0 Å². The van der Waals surface area contributed by atoms with Crippen LogP contribution in [0.5, 0.6) is 0 Å². The Morgan fingerprint density at radius 2 is 1.90 bits per heavy atom. The summed E-state index contributed by atoms with van der Waals surface area (Å²) >= 11 is 7.37. The van der Waals surface area contributed by atoms with E-state index in [1.807, 2.05) is 26.8 Å². The van der Waals surface area contributed by atoms with Crippen molar-refractivity contribution in [3.63, 3.8) is 0 Å². The Morgan fingerprint density at radius 1 is 1.24 bits per heavy atom. The molecule has 3 saturated carbocycles. The van der Waals surface area contributed by atoms with Gasteiger partial charge < -0.3 is 15.3 Å². The molecular formula is C23H31ClO5. The van der Waals surface area contributed by atoms with Crippen LogP contribution in [0.15, 0.2) is 23.8 Å². The van der Waals surface area contributed by atoms with E-state index in [4.69, 9.17) is 11.6 Å². The molecule has 5 nitrogen and oxygen atoms in total. The molecule has 160 valence electrons. The van der Waals surface area contributed by atoms with Crippen molar-refractivity contribution in [1.82, 2.24) is 0 Å². The highest BCUT2D eigenvalue weighted by Gasteiger charge is 2.75. The zero-order valence-electron chi connectivity index (χ0n) is 17.5. The van der Waals surface area contributed by atoms with E-state index < -0.39 is 39.8 Å². The number of hydrogen-bond donors (Lipinski definition) is 3. The van der Waals surface area contributed by atoms with Crippen molar-refractivity contribution in [3.05, 3.63) is 23.8 Å². The van der Waals surface area contributed by atoms with Gasteiger partial charge in [-0.3, -0.25) is 9.59 Å². The molecule has 0 unspecified atom stereocenters. The zero-order valence-corrected chi connectivity index (χ0v) is 18.2. The molecule has 9 atom stereocenters. The van der Waals surface area contributed by atoms with Crippen molar-refractivity contribution in [1.29, 1.82) is 0 Å². The molecule has 0 aromatic rings. The van der Waals surface area contributed by atoms with Gasteiger partial charge in [0.2, 0.25) is 0 Å². The van der Waals surface area contributed by atoms with Crippen LogP contribution in [0, 0.1) is 34.5 Å². The lowest BCUT2D eigenvalue weighted by Gasteiger charge is -2.65. The largest absolute Gasteiger partial charge is 0.391 e. The molecule has 3 fully saturated rings. The molecule has 0 bridgehead atoms. The highest BCUT2D eigenvalue weighted by Crippen LogP contribution is 2.72. The Labute approximate surface area is 176 Å². The topological polar surface area (TPSA) is 94.8 Å². The summed E-state index contributed by atoms with van der Waals surface area (Å²) in [6, 6.07) is 0. The Kier molecular flexibility index (Phi) is 4.58. The van der Waals surface area contributed by atoms with Gasteiger partial charge in [-0.25, -0.2) is 0 Å². The average molecular weight is 423 g/mol. The maximum Gasteiger partial charge on any atom is 0.190 e. The number of alkyl halides is 1. The zero-order chi connectivity index (χ0) is 21.6. The maximum atomic E-state index is 12.7. The summed E-state index contributed by atoms with van der Waals surface area (Å²) in [6.07, 6.45) is 5.52. The van der Waals surface area contributed by atoms with Gasteiger partial charge >= 0.3 is 0 Å². The van der Waals surface area contributed by atoms with Gasteiger partial charge in [-0.2, -0.15) is 0 Å². The number of aliphatic hydroxyl groups excluding tert-OH is 2. The minimum absolute atomic E-state index is 0.0596. The van der Waals surface area contributed by atoms with Crippen LogP contribution in [-0.4, -0.2) is 50.1 Å². The molecule has 0 amide bonds. The van der Waals surface area contributed by atoms with E-state index in [1.165, 1.54) is 6.08 Å².